The van der Waals surface area contributed by atoms with E-state index in [0.29, 0.717) is 0 Å². The Kier molecular flexibility index (Phi) is 2.59. The lowest BCUT2D eigenvalue weighted by Gasteiger charge is -2.12. The summed E-state index contributed by atoms with van der Waals surface area (Å²) in [6, 6.07) is 5.66. The van der Waals surface area contributed by atoms with Gasteiger partial charge in [0.2, 0.25) is 5.91 Å². The van der Waals surface area contributed by atoms with Gasteiger partial charge in [0.1, 0.15) is 5.52 Å². The maximum atomic E-state index is 12.2. The summed E-state index contributed by atoms with van der Waals surface area (Å²) >= 11 is 0. The first kappa shape index (κ1) is 11.9. The molecule has 2 saturated carbocycles. The minimum atomic E-state index is 0.163. The molecule has 1 aromatic carbocycles. The third-order valence-electron chi connectivity index (χ3n) is 4.62. The van der Waals surface area contributed by atoms with Crippen molar-refractivity contribution in [3.63, 3.8) is 0 Å². The van der Waals surface area contributed by atoms with E-state index in [0.717, 1.165) is 53.8 Å². The highest BCUT2D eigenvalue weighted by atomic mass is 16.3. The molecular formula is C16H18N2O2. The molecule has 4 rings (SSSR count). The van der Waals surface area contributed by atoms with Crippen molar-refractivity contribution < 1.29 is 9.21 Å². The van der Waals surface area contributed by atoms with E-state index in [4.69, 9.17) is 4.42 Å². The molecule has 0 saturated heterocycles. The van der Waals surface area contributed by atoms with Crippen LogP contribution in [0.2, 0.25) is 0 Å². The van der Waals surface area contributed by atoms with Crippen LogP contribution in [0.1, 0.15) is 32.1 Å². The third-order valence-corrected chi connectivity index (χ3v) is 4.62. The molecule has 1 N–H and O–H groups in total. The fourth-order valence-electron chi connectivity index (χ4n) is 3.38. The van der Waals surface area contributed by atoms with Gasteiger partial charge in [-0.25, -0.2) is 4.98 Å². The molecule has 2 atom stereocenters. The van der Waals surface area contributed by atoms with Crippen molar-refractivity contribution in [2.45, 2.75) is 32.6 Å². The zero-order valence-electron chi connectivity index (χ0n) is 11.6. The molecule has 1 amide bonds. The van der Waals surface area contributed by atoms with Gasteiger partial charge in [-0.1, -0.05) is 6.92 Å². The van der Waals surface area contributed by atoms with E-state index < -0.39 is 0 Å². The molecule has 0 aliphatic heterocycles. The smallest absolute Gasteiger partial charge is 0.227 e. The molecule has 0 radical (unpaired) electrons. The fourth-order valence-corrected chi connectivity index (χ4v) is 3.38. The van der Waals surface area contributed by atoms with Crippen molar-refractivity contribution in [2.24, 2.45) is 17.8 Å². The number of fused-ring (bicyclic) bond motifs is 2. The summed E-state index contributed by atoms with van der Waals surface area (Å²) in [7, 11) is 0. The molecule has 2 unspecified atom stereocenters. The Morgan fingerprint density at radius 2 is 2.15 bits per heavy atom. The van der Waals surface area contributed by atoms with Gasteiger partial charge in [0.15, 0.2) is 11.5 Å². The minimum absolute atomic E-state index is 0.163. The van der Waals surface area contributed by atoms with E-state index in [2.05, 4.69) is 10.3 Å². The van der Waals surface area contributed by atoms with Gasteiger partial charge in [0, 0.05) is 18.0 Å². The number of aromatic nitrogens is 1. The summed E-state index contributed by atoms with van der Waals surface area (Å²) in [6.45, 7) is 2.01. The molecule has 4 heteroatoms. The van der Waals surface area contributed by atoms with Crippen molar-refractivity contribution in [1.82, 2.24) is 4.98 Å². The largest absolute Gasteiger partial charge is 0.441 e. The number of hydrogen-bond donors (Lipinski definition) is 1. The van der Waals surface area contributed by atoms with Gasteiger partial charge >= 0.3 is 0 Å². The molecule has 4 nitrogen and oxygen atoms in total. The molecule has 1 aromatic heterocycles. The number of nitrogens with one attached hydrogen (secondary N) is 1. The molecule has 104 valence electrons. The average molecular weight is 270 g/mol. The van der Waals surface area contributed by atoms with Gasteiger partial charge in [-0.15, -0.1) is 0 Å². The van der Waals surface area contributed by atoms with Crippen molar-refractivity contribution in [3.05, 3.63) is 24.1 Å². The van der Waals surface area contributed by atoms with Gasteiger partial charge < -0.3 is 9.73 Å². The monoisotopic (exact) mass is 270 g/mol. The van der Waals surface area contributed by atoms with E-state index in [1.807, 2.05) is 25.1 Å². The average Bonchev–Trinajstić information content (AvgIpc) is 2.89. The van der Waals surface area contributed by atoms with Crippen molar-refractivity contribution >= 4 is 22.7 Å². The molecule has 2 fully saturated rings. The van der Waals surface area contributed by atoms with Crippen LogP contribution in [-0.2, 0) is 11.2 Å². The summed E-state index contributed by atoms with van der Waals surface area (Å²) < 4.78 is 5.57. The summed E-state index contributed by atoms with van der Waals surface area (Å²) in [5, 5.41) is 3.02. The lowest BCUT2D eigenvalue weighted by atomic mass is 10.0. The number of benzene rings is 1. The van der Waals surface area contributed by atoms with Crippen LogP contribution in [0.4, 0.5) is 5.69 Å². The lowest BCUT2D eigenvalue weighted by molar-refractivity contribution is -0.120. The van der Waals surface area contributed by atoms with Gasteiger partial charge in [-0.05, 0) is 49.3 Å². The number of nitrogens with zero attached hydrogens (tertiary/aromatic N) is 1. The first-order valence-electron chi connectivity index (χ1n) is 7.43. The van der Waals surface area contributed by atoms with Crippen LogP contribution < -0.4 is 5.32 Å². The van der Waals surface area contributed by atoms with Crippen LogP contribution in [0, 0.1) is 17.8 Å². The first-order valence-corrected chi connectivity index (χ1v) is 7.43. The van der Waals surface area contributed by atoms with Crippen molar-refractivity contribution in [1.29, 1.82) is 0 Å². The highest BCUT2D eigenvalue weighted by molar-refractivity contribution is 5.94. The molecule has 2 aromatic rings. The Morgan fingerprint density at radius 3 is 2.90 bits per heavy atom. The molecule has 0 spiro atoms. The number of carbonyl (C=O) groups is 1. The maximum Gasteiger partial charge on any atom is 0.227 e. The molecule has 2 aliphatic rings. The van der Waals surface area contributed by atoms with Crippen LogP contribution >= 0.6 is 0 Å². The number of anilines is 1. The summed E-state index contributed by atoms with van der Waals surface area (Å²) in [4.78, 5) is 16.6. The minimum Gasteiger partial charge on any atom is -0.441 e. The highest BCUT2D eigenvalue weighted by Gasteiger charge is 2.47. The fraction of sp³-hybridized carbons (Fsp3) is 0.500. The Balaban J connectivity index is 1.51. The van der Waals surface area contributed by atoms with Crippen LogP contribution in [0.5, 0.6) is 0 Å². The molecule has 20 heavy (non-hydrogen) atoms. The van der Waals surface area contributed by atoms with Gasteiger partial charge in [0.05, 0.1) is 0 Å². The molecule has 1 heterocycles. The summed E-state index contributed by atoms with van der Waals surface area (Å²) in [5.41, 5.74) is 2.41. The SMILES string of the molecule is CCc1nc2cc(NC(=O)C3CC4CC4C3)ccc2o1. The van der Waals surface area contributed by atoms with Crippen LogP contribution in [0.15, 0.2) is 22.6 Å². The predicted molar refractivity (Wildman–Crippen MR) is 76.3 cm³/mol. The number of rotatable bonds is 3. The van der Waals surface area contributed by atoms with Crippen molar-refractivity contribution in [3.8, 4) is 0 Å². The van der Waals surface area contributed by atoms with E-state index in [1.165, 1.54) is 6.42 Å². The van der Waals surface area contributed by atoms with Crippen molar-refractivity contribution in [2.75, 3.05) is 5.32 Å². The summed E-state index contributed by atoms with van der Waals surface area (Å²) in [6.07, 6.45) is 4.26. The Hall–Kier alpha value is -1.84. The zero-order chi connectivity index (χ0) is 13.7. The van der Waals surface area contributed by atoms with E-state index in [-0.39, 0.29) is 11.8 Å². The second kappa shape index (κ2) is 4.33. The second-order valence-corrected chi connectivity index (χ2v) is 6.06. The maximum absolute atomic E-state index is 12.2. The lowest BCUT2D eigenvalue weighted by Crippen LogP contribution is -2.21. The quantitative estimate of drug-likeness (QED) is 0.930. The second-order valence-electron chi connectivity index (χ2n) is 6.06. The zero-order valence-corrected chi connectivity index (χ0v) is 11.6. The topological polar surface area (TPSA) is 55.1 Å². The first-order chi connectivity index (χ1) is 9.72. The number of oxazole rings is 1. The normalized spacial score (nSPS) is 27.6. The number of hydrogen-bond acceptors (Lipinski definition) is 3. The van der Waals surface area contributed by atoms with E-state index in [1.54, 1.807) is 0 Å². The van der Waals surface area contributed by atoms with Gasteiger partial charge in [-0.2, -0.15) is 0 Å². The van der Waals surface area contributed by atoms with E-state index >= 15 is 0 Å². The molecular weight excluding hydrogens is 252 g/mol. The number of amides is 1. The summed E-state index contributed by atoms with van der Waals surface area (Å²) in [5.74, 6) is 2.76. The van der Waals surface area contributed by atoms with Gasteiger partial charge in [-0.3, -0.25) is 4.79 Å². The highest BCUT2D eigenvalue weighted by Crippen LogP contribution is 2.54. The third kappa shape index (κ3) is 1.99. The van der Waals surface area contributed by atoms with Crippen LogP contribution in [0.25, 0.3) is 11.1 Å². The Morgan fingerprint density at radius 1 is 1.35 bits per heavy atom. The predicted octanol–water partition coefficient (Wildman–Crippen LogP) is 3.37. The Labute approximate surface area is 117 Å². The number of aryl methyl sites for hydroxylation is 1. The molecule has 2 aliphatic carbocycles. The number of carbonyl (C=O) groups excluding carboxylic acids is 1. The standard InChI is InChI=1S/C16H18N2O2/c1-2-15-18-13-8-12(3-4-14(13)20-15)17-16(19)11-6-9-5-10(9)7-11/h3-4,8-11H,2,5-7H2,1H3,(H,17,19). The Bertz CT molecular complexity index is 666. The molecule has 0 bridgehead atoms. The van der Waals surface area contributed by atoms with Gasteiger partial charge in [0.25, 0.3) is 0 Å². The van der Waals surface area contributed by atoms with Crippen LogP contribution in [-0.4, -0.2) is 10.9 Å². The van der Waals surface area contributed by atoms with Crippen LogP contribution in [0.3, 0.4) is 0 Å². The van der Waals surface area contributed by atoms with E-state index in [9.17, 15) is 4.79 Å².